The smallest absolute Gasteiger partial charge is 0.273 e. The van der Waals surface area contributed by atoms with Gasteiger partial charge in [0.15, 0.2) is 0 Å². The number of halogens is 1. The second-order valence-electron chi connectivity index (χ2n) is 7.85. The maximum Gasteiger partial charge on any atom is 0.335 e. The van der Waals surface area contributed by atoms with E-state index in [1.807, 2.05) is 24.3 Å². The number of urea groups is 1. The van der Waals surface area contributed by atoms with Gasteiger partial charge in [-0.05, 0) is 61.2 Å². The van der Waals surface area contributed by atoms with Crippen molar-refractivity contribution in [3.05, 3.63) is 105 Å². The highest BCUT2D eigenvalue weighted by atomic mass is 35.5. The van der Waals surface area contributed by atoms with Crippen molar-refractivity contribution in [2.45, 2.75) is 20.3 Å². The molecule has 32 heavy (non-hydrogen) atoms. The van der Waals surface area contributed by atoms with E-state index >= 15 is 0 Å². The van der Waals surface area contributed by atoms with Gasteiger partial charge in [-0.15, -0.1) is 0 Å². The van der Waals surface area contributed by atoms with Crippen LogP contribution >= 0.6 is 11.6 Å². The molecule has 3 aromatic rings. The highest BCUT2D eigenvalue weighted by molar-refractivity contribution is 6.39. The van der Waals surface area contributed by atoms with Gasteiger partial charge in [0.2, 0.25) is 0 Å². The summed E-state index contributed by atoms with van der Waals surface area (Å²) in [5.41, 5.74) is 5.66. The van der Waals surface area contributed by atoms with Gasteiger partial charge in [-0.2, -0.15) is 0 Å². The number of anilines is 1. The van der Waals surface area contributed by atoms with Crippen LogP contribution in [0.15, 0.2) is 72.3 Å². The van der Waals surface area contributed by atoms with Gasteiger partial charge in [0, 0.05) is 5.02 Å². The van der Waals surface area contributed by atoms with Gasteiger partial charge in [-0.25, -0.2) is 9.69 Å². The van der Waals surface area contributed by atoms with Gasteiger partial charge in [0.1, 0.15) is 5.57 Å². The number of rotatable bonds is 4. The van der Waals surface area contributed by atoms with E-state index in [0.717, 1.165) is 16.9 Å². The fraction of sp³-hybridized carbons (Fsp3) is 0.115. The van der Waals surface area contributed by atoms with E-state index in [4.69, 9.17) is 11.6 Å². The number of carbonyl (C=O) groups is 3. The molecule has 4 amide bonds. The molecule has 6 heteroatoms. The zero-order valence-electron chi connectivity index (χ0n) is 17.7. The van der Waals surface area contributed by atoms with E-state index in [-0.39, 0.29) is 5.57 Å². The molecule has 3 aromatic carbocycles. The number of hydrogen-bond donors (Lipinski definition) is 1. The van der Waals surface area contributed by atoms with Crippen LogP contribution < -0.4 is 10.2 Å². The first kappa shape index (κ1) is 21.5. The van der Waals surface area contributed by atoms with E-state index in [0.29, 0.717) is 16.3 Å². The standard InChI is InChI=1S/C26H21ClN2O3/c1-16-10-17(2)12-20(11-16)13-18-6-8-19(9-7-18)14-23-24(30)28-26(32)29(25(23)31)22-5-3-4-21(27)15-22/h3-12,14-15H,13H2,1-2H3,(H,28,30,32)/b23-14+. The third kappa shape index (κ3) is 4.63. The molecule has 0 aromatic heterocycles. The lowest BCUT2D eigenvalue weighted by Crippen LogP contribution is -2.54. The highest BCUT2D eigenvalue weighted by Crippen LogP contribution is 2.24. The molecule has 1 N–H and O–H groups in total. The predicted octanol–water partition coefficient (Wildman–Crippen LogP) is 5.21. The topological polar surface area (TPSA) is 66.5 Å². The number of nitrogens with zero attached hydrogens (tertiary/aromatic N) is 1. The number of carbonyl (C=O) groups excluding carboxylic acids is 3. The number of hydrogen-bond acceptors (Lipinski definition) is 3. The second kappa shape index (κ2) is 8.81. The van der Waals surface area contributed by atoms with E-state index in [1.165, 1.54) is 28.8 Å². The van der Waals surface area contributed by atoms with Gasteiger partial charge in [0.25, 0.3) is 11.8 Å². The summed E-state index contributed by atoms with van der Waals surface area (Å²) in [4.78, 5) is 38.5. The Morgan fingerprint density at radius 3 is 2.22 bits per heavy atom. The van der Waals surface area contributed by atoms with Crippen LogP contribution in [-0.2, 0) is 16.0 Å². The Kier molecular flexibility index (Phi) is 5.93. The van der Waals surface area contributed by atoms with Crippen molar-refractivity contribution in [2.75, 3.05) is 4.90 Å². The lowest BCUT2D eigenvalue weighted by molar-refractivity contribution is -0.122. The first-order valence-corrected chi connectivity index (χ1v) is 10.5. The minimum Gasteiger partial charge on any atom is -0.273 e. The second-order valence-corrected chi connectivity index (χ2v) is 8.29. The molecular weight excluding hydrogens is 424 g/mol. The van der Waals surface area contributed by atoms with Crippen molar-refractivity contribution in [1.82, 2.24) is 5.32 Å². The van der Waals surface area contributed by atoms with Crippen molar-refractivity contribution >= 4 is 41.2 Å². The van der Waals surface area contributed by atoms with Gasteiger partial charge < -0.3 is 0 Å². The zero-order valence-corrected chi connectivity index (χ0v) is 18.4. The van der Waals surface area contributed by atoms with Crippen molar-refractivity contribution in [2.24, 2.45) is 0 Å². The lowest BCUT2D eigenvalue weighted by atomic mass is 9.99. The Balaban J connectivity index is 1.58. The normalized spacial score (nSPS) is 15.3. The van der Waals surface area contributed by atoms with Crippen molar-refractivity contribution in [3.63, 3.8) is 0 Å². The molecular formula is C26H21ClN2O3. The number of imide groups is 2. The molecule has 5 nitrogen and oxygen atoms in total. The summed E-state index contributed by atoms with van der Waals surface area (Å²) in [7, 11) is 0. The predicted molar refractivity (Wildman–Crippen MR) is 126 cm³/mol. The van der Waals surface area contributed by atoms with Crippen LogP contribution in [0.1, 0.15) is 27.8 Å². The van der Waals surface area contributed by atoms with Crippen LogP contribution in [-0.4, -0.2) is 17.8 Å². The van der Waals surface area contributed by atoms with E-state index in [1.54, 1.807) is 18.2 Å². The summed E-state index contributed by atoms with van der Waals surface area (Å²) < 4.78 is 0. The number of aryl methyl sites for hydroxylation is 2. The summed E-state index contributed by atoms with van der Waals surface area (Å²) in [5.74, 6) is -1.42. The molecule has 0 atom stereocenters. The Hall–Kier alpha value is -3.70. The average Bonchev–Trinajstić information content (AvgIpc) is 2.71. The van der Waals surface area contributed by atoms with Crippen LogP contribution in [0.3, 0.4) is 0 Å². The molecule has 0 radical (unpaired) electrons. The summed E-state index contributed by atoms with van der Waals surface area (Å²) in [5, 5.41) is 2.60. The maximum absolute atomic E-state index is 13.0. The molecule has 1 aliphatic rings. The van der Waals surface area contributed by atoms with E-state index in [9.17, 15) is 14.4 Å². The van der Waals surface area contributed by atoms with Gasteiger partial charge in [-0.3, -0.25) is 14.9 Å². The zero-order chi connectivity index (χ0) is 22.8. The number of barbiturate groups is 1. The molecule has 1 heterocycles. The fourth-order valence-corrected chi connectivity index (χ4v) is 4.00. The van der Waals surface area contributed by atoms with Crippen LogP contribution in [0.4, 0.5) is 10.5 Å². The Labute approximate surface area is 191 Å². The van der Waals surface area contributed by atoms with Crippen LogP contribution in [0.25, 0.3) is 6.08 Å². The van der Waals surface area contributed by atoms with E-state index in [2.05, 4.69) is 37.4 Å². The summed E-state index contributed by atoms with van der Waals surface area (Å²) in [6.07, 6.45) is 2.28. The Bertz CT molecular complexity index is 1240. The monoisotopic (exact) mass is 444 g/mol. The minimum absolute atomic E-state index is 0.119. The number of amides is 4. The largest absolute Gasteiger partial charge is 0.335 e. The molecule has 1 saturated heterocycles. The molecule has 1 aliphatic heterocycles. The van der Waals surface area contributed by atoms with Crippen molar-refractivity contribution < 1.29 is 14.4 Å². The molecule has 4 rings (SSSR count). The molecule has 0 spiro atoms. The third-order valence-corrected chi connectivity index (χ3v) is 5.38. The Morgan fingerprint density at radius 2 is 1.56 bits per heavy atom. The lowest BCUT2D eigenvalue weighted by Gasteiger charge is -2.26. The molecule has 0 aliphatic carbocycles. The first-order chi connectivity index (χ1) is 15.3. The average molecular weight is 445 g/mol. The van der Waals surface area contributed by atoms with Gasteiger partial charge in [0.05, 0.1) is 5.69 Å². The van der Waals surface area contributed by atoms with Crippen LogP contribution in [0.2, 0.25) is 5.02 Å². The molecule has 0 bridgehead atoms. The molecule has 160 valence electrons. The molecule has 0 unspecified atom stereocenters. The molecule has 0 saturated carbocycles. The molecule has 1 fully saturated rings. The number of benzene rings is 3. The van der Waals surface area contributed by atoms with Crippen LogP contribution in [0, 0.1) is 13.8 Å². The number of nitrogens with one attached hydrogen (secondary N) is 1. The Morgan fingerprint density at radius 1 is 0.875 bits per heavy atom. The maximum atomic E-state index is 13.0. The van der Waals surface area contributed by atoms with E-state index < -0.39 is 17.8 Å². The fourth-order valence-electron chi connectivity index (χ4n) is 3.81. The van der Waals surface area contributed by atoms with Crippen LogP contribution in [0.5, 0.6) is 0 Å². The van der Waals surface area contributed by atoms with Crippen molar-refractivity contribution in [1.29, 1.82) is 0 Å². The highest BCUT2D eigenvalue weighted by Gasteiger charge is 2.36. The summed E-state index contributed by atoms with van der Waals surface area (Å²) in [6.45, 7) is 4.16. The van der Waals surface area contributed by atoms with Gasteiger partial charge >= 0.3 is 6.03 Å². The third-order valence-electron chi connectivity index (χ3n) is 5.15. The van der Waals surface area contributed by atoms with Crippen molar-refractivity contribution in [3.8, 4) is 0 Å². The minimum atomic E-state index is -0.803. The summed E-state index contributed by atoms with van der Waals surface area (Å²) in [6, 6.07) is 19.6. The first-order valence-electron chi connectivity index (χ1n) is 10.1. The van der Waals surface area contributed by atoms with Gasteiger partial charge in [-0.1, -0.05) is 71.3 Å². The quantitative estimate of drug-likeness (QED) is 0.443. The summed E-state index contributed by atoms with van der Waals surface area (Å²) >= 11 is 5.99. The SMILES string of the molecule is Cc1cc(C)cc(Cc2ccc(/C=C3\C(=O)NC(=O)N(c4cccc(Cl)c4)C3=O)cc2)c1.